The van der Waals surface area contributed by atoms with Crippen molar-refractivity contribution >= 4 is 7.12 Å². The summed E-state index contributed by atoms with van der Waals surface area (Å²) < 4.78 is 19.4. The highest BCUT2D eigenvalue weighted by atomic mass is 16.7. The molecule has 0 aliphatic carbocycles. The largest absolute Gasteiger partial charge is 0.460 e. The van der Waals surface area contributed by atoms with E-state index in [4.69, 9.17) is 14.0 Å². The first kappa shape index (κ1) is 27.5. The van der Waals surface area contributed by atoms with Gasteiger partial charge in [-0.2, -0.15) is 0 Å². The second-order valence-corrected chi connectivity index (χ2v) is 11.6. The van der Waals surface area contributed by atoms with Gasteiger partial charge in [0.05, 0.1) is 11.2 Å². The van der Waals surface area contributed by atoms with Crippen molar-refractivity contribution in [3.05, 3.63) is 24.3 Å². The molecule has 0 amide bonds. The summed E-state index contributed by atoms with van der Waals surface area (Å²) in [4.78, 5) is 0. The fraction of sp³-hybridized carbons (Fsp3) is 0.846. The van der Waals surface area contributed by atoms with Crippen molar-refractivity contribution in [1.29, 1.82) is 0 Å². The normalized spacial score (nSPS) is 26.4. The van der Waals surface area contributed by atoms with Crippen molar-refractivity contribution in [2.75, 3.05) is 13.2 Å². The van der Waals surface area contributed by atoms with Gasteiger partial charge in [0.15, 0.2) is 0 Å². The molecule has 0 unspecified atom stereocenters. The van der Waals surface area contributed by atoms with E-state index in [2.05, 4.69) is 107 Å². The molecule has 174 valence electrons. The van der Waals surface area contributed by atoms with Gasteiger partial charge in [0, 0.05) is 30.4 Å². The van der Waals surface area contributed by atoms with Crippen LogP contribution in [0.1, 0.15) is 83.1 Å². The van der Waals surface area contributed by atoms with Gasteiger partial charge in [-0.3, -0.25) is 0 Å². The number of hydrogen-bond acceptors (Lipinski definition) is 3. The van der Waals surface area contributed by atoms with E-state index in [0.717, 1.165) is 12.9 Å². The van der Waals surface area contributed by atoms with E-state index in [9.17, 15) is 0 Å². The summed E-state index contributed by atoms with van der Waals surface area (Å²) >= 11 is 0. The molecule has 0 N–H and O–H groups in total. The molecule has 1 rings (SSSR count). The van der Waals surface area contributed by atoms with Crippen LogP contribution in [-0.2, 0) is 14.0 Å². The zero-order valence-electron chi connectivity index (χ0n) is 22.0. The molecule has 1 aliphatic heterocycles. The molecule has 1 aliphatic rings. The summed E-state index contributed by atoms with van der Waals surface area (Å²) in [6.45, 7) is 28.2. The van der Waals surface area contributed by atoms with Gasteiger partial charge >= 0.3 is 7.12 Å². The smallest absolute Gasteiger partial charge is 0.402 e. The van der Waals surface area contributed by atoms with Crippen LogP contribution in [0.4, 0.5) is 0 Å². The average molecular weight is 420 g/mol. The third-order valence-corrected chi connectivity index (χ3v) is 6.85. The van der Waals surface area contributed by atoms with E-state index in [-0.39, 0.29) is 17.9 Å². The highest BCUT2D eigenvalue weighted by molar-refractivity contribution is 6.45. The Morgan fingerprint density at radius 1 is 0.800 bits per heavy atom. The van der Waals surface area contributed by atoms with Crippen LogP contribution in [0.3, 0.4) is 0 Å². The fourth-order valence-electron chi connectivity index (χ4n) is 4.11. The molecule has 2 atom stereocenters. The van der Waals surface area contributed by atoms with Crippen molar-refractivity contribution in [2.24, 2.45) is 28.6 Å². The lowest BCUT2D eigenvalue weighted by molar-refractivity contribution is -0.129. The van der Waals surface area contributed by atoms with Crippen LogP contribution in [0.15, 0.2) is 24.3 Å². The molecule has 0 radical (unpaired) electrons. The predicted molar refractivity (Wildman–Crippen MR) is 131 cm³/mol. The van der Waals surface area contributed by atoms with Gasteiger partial charge in [-0.25, -0.2) is 0 Å². The Morgan fingerprint density at radius 3 is 1.53 bits per heavy atom. The standard InChI is InChI=1S/C26H49BO3/c1-20(2)13-15-23(7,8)25(11)26(12,24(9,10)16-14-21(3)4)30-27(29-25)17-18-28-19-22(5)6/h13-16,20-22H,17-19H2,1-12H3/b15-13+,16-14+/t25-,26-/m1/s1. The zero-order valence-corrected chi connectivity index (χ0v) is 22.0. The van der Waals surface area contributed by atoms with Gasteiger partial charge < -0.3 is 14.0 Å². The van der Waals surface area contributed by atoms with Gasteiger partial charge in [-0.1, -0.05) is 93.5 Å². The first-order chi connectivity index (χ1) is 13.6. The predicted octanol–water partition coefficient (Wildman–Crippen LogP) is 7.19. The summed E-state index contributed by atoms with van der Waals surface area (Å²) in [6.07, 6.45) is 9.94. The topological polar surface area (TPSA) is 27.7 Å². The van der Waals surface area contributed by atoms with Crippen molar-refractivity contribution in [2.45, 2.75) is 101 Å². The molecule has 0 saturated carbocycles. The first-order valence-corrected chi connectivity index (χ1v) is 11.9. The Bertz CT molecular complexity index is 547. The molecule has 1 saturated heterocycles. The first-order valence-electron chi connectivity index (χ1n) is 11.9. The third-order valence-electron chi connectivity index (χ3n) is 6.85. The molecule has 4 heteroatoms. The molecule has 1 heterocycles. The summed E-state index contributed by atoms with van der Waals surface area (Å²) in [5.41, 5.74) is -1.41. The molecule has 1 fully saturated rings. The minimum absolute atomic E-state index is 0.206. The van der Waals surface area contributed by atoms with Crippen molar-refractivity contribution in [3.8, 4) is 0 Å². The van der Waals surface area contributed by atoms with Crippen LogP contribution in [0.2, 0.25) is 6.32 Å². The lowest BCUT2D eigenvalue weighted by Gasteiger charge is -2.54. The van der Waals surface area contributed by atoms with E-state index in [1.807, 2.05) is 0 Å². The number of ether oxygens (including phenoxy) is 1. The van der Waals surface area contributed by atoms with Crippen LogP contribution in [0, 0.1) is 28.6 Å². The molecule has 0 aromatic carbocycles. The van der Waals surface area contributed by atoms with Crippen LogP contribution in [0.5, 0.6) is 0 Å². The zero-order chi connectivity index (χ0) is 23.4. The SMILES string of the molecule is CC(C)/C=C/C(C)(C)[C@@]1(C)OB(CCOCC(C)C)O[C@]1(C)C(C)(C)/C=C/C(C)C. The Balaban J connectivity index is 3.27. The summed E-state index contributed by atoms with van der Waals surface area (Å²) in [7, 11) is -0.273. The Hall–Kier alpha value is -0.575. The monoisotopic (exact) mass is 420 g/mol. The summed E-state index contributed by atoms with van der Waals surface area (Å²) in [5.74, 6) is 1.53. The summed E-state index contributed by atoms with van der Waals surface area (Å²) in [5, 5.41) is 0. The molecule has 0 aromatic heterocycles. The summed E-state index contributed by atoms with van der Waals surface area (Å²) in [6, 6.07) is 0. The van der Waals surface area contributed by atoms with Gasteiger partial charge in [0.2, 0.25) is 0 Å². The minimum atomic E-state index is -0.501. The minimum Gasteiger partial charge on any atom is -0.402 e. The van der Waals surface area contributed by atoms with E-state index < -0.39 is 11.2 Å². The third kappa shape index (κ3) is 6.23. The van der Waals surface area contributed by atoms with E-state index in [1.165, 1.54) is 0 Å². The Morgan fingerprint density at radius 2 is 1.20 bits per heavy atom. The van der Waals surface area contributed by atoms with Crippen LogP contribution < -0.4 is 0 Å². The Kier molecular flexibility index (Phi) is 9.48. The maximum Gasteiger partial charge on any atom is 0.460 e. The number of rotatable bonds is 11. The quantitative estimate of drug-likeness (QED) is 0.201. The van der Waals surface area contributed by atoms with Crippen LogP contribution >= 0.6 is 0 Å². The molecule has 0 aromatic rings. The van der Waals surface area contributed by atoms with Crippen LogP contribution in [-0.4, -0.2) is 31.5 Å². The van der Waals surface area contributed by atoms with Crippen molar-refractivity contribution < 1.29 is 14.0 Å². The molecule has 30 heavy (non-hydrogen) atoms. The highest BCUT2D eigenvalue weighted by Crippen LogP contribution is 2.57. The fourth-order valence-corrected chi connectivity index (χ4v) is 4.11. The number of hydrogen-bond donors (Lipinski definition) is 0. The Labute approximate surface area is 188 Å². The van der Waals surface area contributed by atoms with Gasteiger partial charge in [-0.15, -0.1) is 0 Å². The van der Waals surface area contributed by atoms with Gasteiger partial charge in [0.1, 0.15) is 0 Å². The van der Waals surface area contributed by atoms with E-state index in [0.29, 0.717) is 24.4 Å². The van der Waals surface area contributed by atoms with Gasteiger partial charge in [-0.05, 0) is 31.6 Å². The molecular weight excluding hydrogens is 371 g/mol. The van der Waals surface area contributed by atoms with Crippen LogP contribution in [0.25, 0.3) is 0 Å². The van der Waals surface area contributed by atoms with E-state index in [1.54, 1.807) is 0 Å². The van der Waals surface area contributed by atoms with Crippen molar-refractivity contribution in [3.63, 3.8) is 0 Å². The molecule has 0 spiro atoms. The number of allylic oxidation sites excluding steroid dienone is 2. The molecule has 3 nitrogen and oxygen atoms in total. The molecule has 0 bridgehead atoms. The van der Waals surface area contributed by atoms with E-state index >= 15 is 0 Å². The second-order valence-electron chi connectivity index (χ2n) is 11.6. The molecular formula is C26H49BO3. The lowest BCUT2D eigenvalue weighted by atomic mass is 9.58. The van der Waals surface area contributed by atoms with Gasteiger partial charge in [0.25, 0.3) is 0 Å². The lowest BCUT2D eigenvalue weighted by Crippen LogP contribution is -2.62. The highest BCUT2D eigenvalue weighted by Gasteiger charge is 2.66. The second kappa shape index (κ2) is 10.4. The maximum absolute atomic E-state index is 6.77. The average Bonchev–Trinajstić information content (AvgIpc) is 2.89. The van der Waals surface area contributed by atoms with Crippen molar-refractivity contribution in [1.82, 2.24) is 0 Å². The maximum atomic E-state index is 6.77.